The normalized spacial score (nSPS) is 12.1. The van der Waals surface area contributed by atoms with Crippen molar-refractivity contribution in [3.05, 3.63) is 55.0 Å². The molecule has 0 aliphatic carbocycles. The molecule has 1 aromatic carbocycles. The molecular formula is C19H21N3O5S. The van der Waals surface area contributed by atoms with Crippen LogP contribution in [0.5, 0.6) is 5.75 Å². The number of nitrogens with zero attached hydrogens (tertiary/aromatic N) is 1. The molecule has 28 heavy (non-hydrogen) atoms. The number of furan rings is 1. The van der Waals surface area contributed by atoms with Crippen LogP contribution in [0.25, 0.3) is 0 Å². The van der Waals surface area contributed by atoms with E-state index in [2.05, 4.69) is 10.6 Å². The number of anilines is 3. The first-order chi connectivity index (χ1) is 13.2. The highest BCUT2D eigenvalue weighted by molar-refractivity contribution is 7.15. The van der Waals surface area contributed by atoms with Gasteiger partial charge in [-0.15, -0.1) is 11.3 Å². The first kappa shape index (κ1) is 19.7. The Labute approximate surface area is 165 Å². The van der Waals surface area contributed by atoms with Gasteiger partial charge in [0.15, 0.2) is 5.75 Å². The molecule has 0 saturated carbocycles. The maximum atomic E-state index is 12.1. The lowest BCUT2D eigenvalue weighted by Crippen LogP contribution is -2.37. The average Bonchev–Trinajstić information content (AvgIpc) is 3.26. The fourth-order valence-electron chi connectivity index (χ4n) is 2.78. The van der Waals surface area contributed by atoms with E-state index in [4.69, 9.17) is 4.42 Å². The SMILES string of the molecule is CC[C@@H](Nc1c(Nc2scc(C(=O)N(C)C)c2O)c(=O)c1=O)c1cc(C)co1. The van der Waals surface area contributed by atoms with Crippen molar-refractivity contribution >= 4 is 33.6 Å². The van der Waals surface area contributed by atoms with Crippen LogP contribution >= 0.6 is 11.3 Å². The summed E-state index contributed by atoms with van der Waals surface area (Å²) in [5, 5.41) is 17.9. The van der Waals surface area contributed by atoms with Gasteiger partial charge in [-0.2, -0.15) is 0 Å². The van der Waals surface area contributed by atoms with Gasteiger partial charge >= 0.3 is 0 Å². The Balaban J connectivity index is 1.86. The molecule has 0 aliphatic heterocycles. The number of aryl methyl sites for hydroxylation is 1. The summed E-state index contributed by atoms with van der Waals surface area (Å²) in [5.74, 6) is 0.0533. The molecule has 3 aromatic rings. The van der Waals surface area contributed by atoms with Crippen LogP contribution in [0.3, 0.4) is 0 Å². The van der Waals surface area contributed by atoms with E-state index in [-0.39, 0.29) is 39.6 Å². The van der Waals surface area contributed by atoms with E-state index in [1.54, 1.807) is 20.4 Å². The third-order valence-corrected chi connectivity index (χ3v) is 5.26. The van der Waals surface area contributed by atoms with E-state index in [9.17, 15) is 19.5 Å². The average molecular weight is 403 g/mol. The van der Waals surface area contributed by atoms with Gasteiger partial charge in [-0.25, -0.2) is 0 Å². The Bertz CT molecular complexity index is 1090. The molecule has 148 valence electrons. The maximum absolute atomic E-state index is 12.1. The Morgan fingerprint density at radius 3 is 2.54 bits per heavy atom. The fraction of sp³-hybridized carbons (Fsp3) is 0.316. The third kappa shape index (κ3) is 3.40. The summed E-state index contributed by atoms with van der Waals surface area (Å²) in [4.78, 5) is 37.5. The van der Waals surface area contributed by atoms with Crippen LogP contribution in [0.4, 0.5) is 16.4 Å². The predicted octanol–water partition coefficient (Wildman–Crippen LogP) is 2.96. The van der Waals surface area contributed by atoms with Gasteiger partial charge in [0.05, 0.1) is 17.9 Å². The zero-order valence-electron chi connectivity index (χ0n) is 16.0. The first-order valence-electron chi connectivity index (χ1n) is 8.68. The zero-order chi connectivity index (χ0) is 20.6. The number of amides is 1. The van der Waals surface area contributed by atoms with Crippen molar-refractivity contribution in [3.8, 4) is 5.75 Å². The minimum absolute atomic E-state index is 0.0627. The summed E-state index contributed by atoms with van der Waals surface area (Å²) in [5.41, 5.74) is -0.0264. The summed E-state index contributed by atoms with van der Waals surface area (Å²) in [7, 11) is 3.15. The second-order valence-corrected chi connectivity index (χ2v) is 7.57. The Kier molecular flexibility index (Phi) is 5.28. The number of carbonyl (C=O) groups excluding carboxylic acids is 1. The van der Waals surface area contributed by atoms with Crippen LogP contribution in [-0.4, -0.2) is 30.0 Å². The van der Waals surface area contributed by atoms with E-state index in [1.807, 2.05) is 19.9 Å². The quantitative estimate of drug-likeness (QED) is 0.520. The standard InChI is InChI=1S/C19H21N3O5S/c1-5-11(12-6-9(2)7-27-12)20-13-14(17(25)16(13)24)21-18-15(23)10(8-28-18)19(26)22(3)4/h6-8,11,20-21,23H,5H2,1-4H3/t11-/m1/s1. The summed E-state index contributed by atoms with van der Waals surface area (Å²) < 4.78 is 5.49. The lowest BCUT2D eigenvalue weighted by Gasteiger charge is -2.20. The van der Waals surface area contributed by atoms with E-state index in [1.165, 1.54) is 10.3 Å². The minimum Gasteiger partial charge on any atom is -0.504 e. The van der Waals surface area contributed by atoms with Crippen LogP contribution in [0, 0.1) is 6.92 Å². The molecule has 2 heterocycles. The largest absolute Gasteiger partial charge is 0.504 e. The van der Waals surface area contributed by atoms with Crippen LogP contribution < -0.4 is 21.5 Å². The molecular weight excluding hydrogens is 382 g/mol. The van der Waals surface area contributed by atoms with Crippen LogP contribution in [0.1, 0.15) is 41.1 Å². The summed E-state index contributed by atoms with van der Waals surface area (Å²) in [6.45, 7) is 3.83. The molecule has 1 atom stereocenters. The molecule has 0 radical (unpaired) electrons. The third-order valence-electron chi connectivity index (χ3n) is 4.37. The summed E-state index contributed by atoms with van der Waals surface area (Å²) >= 11 is 1.08. The van der Waals surface area contributed by atoms with Crippen molar-refractivity contribution < 1.29 is 14.3 Å². The topological polar surface area (TPSA) is 112 Å². The molecule has 1 amide bonds. The van der Waals surface area contributed by atoms with Crippen molar-refractivity contribution in [1.29, 1.82) is 0 Å². The Morgan fingerprint density at radius 2 is 1.96 bits per heavy atom. The van der Waals surface area contributed by atoms with Gasteiger partial charge < -0.3 is 25.1 Å². The molecule has 0 spiro atoms. The molecule has 0 bridgehead atoms. The monoisotopic (exact) mass is 403 g/mol. The number of hydrogen-bond donors (Lipinski definition) is 3. The number of hydrogen-bond acceptors (Lipinski definition) is 8. The lowest BCUT2D eigenvalue weighted by atomic mass is 10.1. The maximum Gasteiger partial charge on any atom is 0.258 e. The highest BCUT2D eigenvalue weighted by atomic mass is 32.1. The Morgan fingerprint density at radius 1 is 1.29 bits per heavy atom. The number of aromatic hydroxyl groups is 1. The first-order valence-corrected chi connectivity index (χ1v) is 9.56. The number of nitrogens with one attached hydrogen (secondary N) is 2. The fourth-order valence-corrected chi connectivity index (χ4v) is 3.61. The summed E-state index contributed by atoms with van der Waals surface area (Å²) in [6, 6.07) is 1.59. The molecule has 0 fully saturated rings. The second-order valence-electron chi connectivity index (χ2n) is 6.69. The van der Waals surface area contributed by atoms with Crippen molar-refractivity contribution in [3.63, 3.8) is 0 Å². The highest BCUT2D eigenvalue weighted by Crippen LogP contribution is 2.38. The second kappa shape index (κ2) is 7.51. The molecule has 0 unspecified atom stereocenters. The molecule has 0 aliphatic rings. The van der Waals surface area contributed by atoms with Crippen molar-refractivity contribution in [2.45, 2.75) is 26.3 Å². The molecule has 8 nitrogen and oxygen atoms in total. The number of rotatable bonds is 7. The van der Waals surface area contributed by atoms with Gasteiger partial charge in [0.1, 0.15) is 22.1 Å². The van der Waals surface area contributed by atoms with Gasteiger partial charge in [0.2, 0.25) is 0 Å². The van der Waals surface area contributed by atoms with E-state index >= 15 is 0 Å². The molecule has 0 saturated heterocycles. The highest BCUT2D eigenvalue weighted by Gasteiger charge is 2.27. The molecule has 2 aromatic heterocycles. The Hall–Kier alpha value is -3.07. The predicted molar refractivity (Wildman–Crippen MR) is 109 cm³/mol. The van der Waals surface area contributed by atoms with Crippen LogP contribution in [0.15, 0.2) is 31.7 Å². The molecule has 3 rings (SSSR count). The van der Waals surface area contributed by atoms with Crippen molar-refractivity contribution in [2.24, 2.45) is 0 Å². The van der Waals surface area contributed by atoms with Gasteiger partial charge in [0.25, 0.3) is 16.8 Å². The lowest BCUT2D eigenvalue weighted by molar-refractivity contribution is 0.0825. The van der Waals surface area contributed by atoms with E-state index < -0.39 is 10.9 Å². The van der Waals surface area contributed by atoms with Crippen LogP contribution in [-0.2, 0) is 0 Å². The smallest absolute Gasteiger partial charge is 0.258 e. The van der Waals surface area contributed by atoms with Crippen LogP contribution in [0.2, 0.25) is 0 Å². The zero-order valence-corrected chi connectivity index (χ0v) is 16.8. The minimum atomic E-state index is -0.679. The van der Waals surface area contributed by atoms with Gasteiger partial charge in [-0.05, 0) is 25.0 Å². The van der Waals surface area contributed by atoms with Gasteiger partial charge in [-0.1, -0.05) is 6.92 Å². The summed E-state index contributed by atoms with van der Waals surface area (Å²) in [6.07, 6.45) is 2.25. The molecule has 3 N–H and O–H groups in total. The number of carbonyl (C=O) groups is 1. The van der Waals surface area contributed by atoms with Gasteiger partial charge in [-0.3, -0.25) is 14.4 Å². The van der Waals surface area contributed by atoms with E-state index in [0.717, 1.165) is 16.9 Å². The van der Waals surface area contributed by atoms with Crippen molar-refractivity contribution in [2.75, 3.05) is 24.7 Å². The van der Waals surface area contributed by atoms with Gasteiger partial charge in [0, 0.05) is 19.5 Å². The molecule has 9 heteroatoms. The number of thiophene rings is 1. The van der Waals surface area contributed by atoms with E-state index in [0.29, 0.717) is 12.2 Å². The van der Waals surface area contributed by atoms with Crippen molar-refractivity contribution in [1.82, 2.24) is 4.90 Å².